The van der Waals surface area contributed by atoms with Crippen molar-refractivity contribution < 1.29 is 18.7 Å². The number of hydrogen-bond donors (Lipinski definition) is 2. The SMILES string of the molecule is CC(C)(C)c1cc(NC(=O)Nc2cnc(Oc3ccc(-c4cnc(N5CCCC5=O)s4)c(F)c3)nc2)n(-c2ccc3c(c2)CCC3)n1. The highest BCUT2D eigenvalue weighted by molar-refractivity contribution is 7.19. The van der Waals surface area contributed by atoms with Gasteiger partial charge in [0.15, 0.2) is 5.13 Å². The van der Waals surface area contributed by atoms with E-state index < -0.39 is 11.8 Å². The number of nitrogens with one attached hydrogen (secondary N) is 2. The Labute approximate surface area is 274 Å². The summed E-state index contributed by atoms with van der Waals surface area (Å²) >= 11 is 1.27. The van der Waals surface area contributed by atoms with Crippen molar-refractivity contribution in [2.45, 2.75) is 58.3 Å². The third-order valence-electron chi connectivity index (χ3n) is 8.15. The number of aryl methyl sites for hydroxylation is 2. The molecular formula is C34H33FN8O3S. The lowest BCUT2D eigenvalue weighted by atomic mass is 9.92. The van der Waals surface area contributed by atoms with E-state index in [0.29, 0.717) is 40.0 Å². The van der Waals surface area contributed by atoms with Crippen molar-refractivity contribution in [1.29, 1.82) is 0 Å². The lowest BCUT2D eigenvalue weighted by molar-refractivity contribution is -0.117. The van der Waals surface area contributed by atoms with E-state index in [1.54, 1.807) is 27.9 Å². The minimum Gasteiger partial charge on any atom is -0.424 e. The number of amides is 3. The molecular weight excluding hydrogens is 619 g/mol. The van der Waals surface area contributed by atoms with Crippen molar-refractivity contribution in [2.24, 2.45) is 0 Å². The van der Waals surface area contributed by atoms with Crippen molar-refractivity contribution in [3.8, 4) is 27.9 Å². The first-order chi connectivity index (χ1) is 22.6. The molecule has 0 saturated carbocycles. The summed E-state index contributed by atoms with van der Waals surface area (Å²) in [5.41, 5.74) is 4.88. The van der Waals surface area contributed by atoms with Crippen molar-refractivity contribution in [3.05, 3.63) is 83.7 Å². The molecule has 3 aromatic heterocycles. The number of nitrogens with zero attached hydrogens (tertiary/aromatic N) is 6. The van der Waals surface area contributed by atoms with Crippen LogP contribution >= 0.6 is 11.3 Å². The van der Waals surface area contributed by atoms with E-state index in [2.05, 4.69) is 58.5 Å². The molecule has 0 unspecified atom stereocenters. The number of ether oxygens (including phenoxy) is 1. The van der Waals surface area contributed by atoms with Crippen LogP contribution in [0.4, 0.5) is 25.8 Å². The van der Waals surface area contributed by atoms with E-state index >= 15 is 4.39 Å². The standard InChI is InChI=1S/C34H33FN8O3S/c1-34(2,3)28-16-29(43(41-28)23-10-9-20-6-4-7-21(20)14-23)40-31(45)39-22-17-36-32(37-18-22)46-24-11-12-25(26(35)15-24)27-19-38-33(47-27)42-13-5-8-30(42)44/h9-12,14-19H,4-8,13H2,1-3H3,(H2,39,40,45). The van der Waals surface area contributed by atoms with Crippen LogP contribution in [0.2, 0.25) is 0 Å². The second kappa shape index (κ2) is 12.2. The second-order valence-electron chi connectivity index (χ2n) is 12.6. The van der Waals surface area contributed by atoms with Gasteiger partial charge in [-0.2, -0.15) is 5.10 Å². The van der Waals surface area contributed by atoms with Crippen molar-refractivity contribution >= 4 is 39.9 Å². The number of benzene rings is 2. The summed E-state index contributed by atoms with van der Waals surface area (Å²) in [7, 11) is 0. The summed E-state index contributed by atoms with van der Waals surface area (Å²) in [6.45, 7) is 6.85. The summed E-state index contributed by atoms with van der Waals surface area (Å²) in [5, 5.41) is 11.1. The highest BCUT2D eigenvalue weighted by Crippen LogP contribution is 2.36. The quantitative estimate of drug-likeness (QED) is 0.189. The zero-order valence-electron chi connectivity index (χ0n) is 26.2. The predicted molar refractivity (Wildman–Crippen MR) is 178 cm³/mol. The summed E-state index contributed by atoms with van der Waals surface area (Å²) in [6, 6.07) is 12.1. The molecule has 0 atom stereocenters. The molecule has 0 spiro atoms. The predicted octanol–water partition coefficient (Wildman–Crippen LogP) is 7.27. The maximum absolute atomic E-state index is 15.1. The Morgan fingerprint density at radius 1 is 0.936 bits per heavy atom. The normalized spacial score (nSPS) is 14.4. The molecule has 4 heterocycles. The van der Waals surface area contributed by atoms with Crippen LogP contribution < -0.4 is 20.3 Å². The average molecular weight is 653 g/mol. The summed E-state index contributed by atoms with van der Waals surface area (Å²) in [5.74, 6) is 0.271. The number of fused-ring (bicyclic) bond motifs is 1. The second-order valence-corrected chi connectivity index (χ2v) is 13.6. The van der Waals surface area contributed by atoms with Gasteiger partial charge in [0.1, 0.15) is 17.4 Å². The summed E-state index contributed by atoms with van der Waals surface area (Å²) in [4.78, 5) is 40.0. The molecule has 2 aliphatic rings. The molecule has 1 fully saturated rings. The Bertz CT molecular complexity index is 1980. The summed E-state index contributed by atoms with van der Waals surface area (Å²) < 4.78 is 22.5. The van der Waals surface area contributed by atoms with Crippen molar-refractivity contribution in [2.75, 3.05) is 22.1 Å². The van der Waals surface area contributed by atoms with Gasteiger partial charge in [0.25, 0.3) is 0 Å². The Morgan fingerprint density at radius 3 is 2.49 bits per heavy atom. The van der Waals surface area contributed by atoms with Crippen LogP contribution in [0.15, 0.2) is 61.1 Å². The number of carbonyl (C=O) groups excluding carboxylic acids is 2. The number of thiazole rings is 1. The van der Waals surface area contributed by atoms with Gasteiger partial charge in [-0.1, -0.05) is 38.2 Å². The van der Waals surface area contributed by atoms with Crippen molar-refractivity contribution in [1.82, 2.24) is 24.7 Å². The number of halogens is 1. The van der Waals surface area contributed by atoms with E-state index in [1.807, 2.05) is 12.1 Å². The molecule has 2 aromatic carbocycles. The number of carbonyl (C=O) groups is 2. The number of aromatic nitrogens is 5. The van der Waals surface area contributed by atoms with Crippen LogP contribution in [-0.4, -0.2) is 43.2 Å². The van der Waals surface area contributed by atoms with E-state index in [4.69, 9.17) is 9.84 Å². The van der Waals surface area contributed by atoms with E-state index in [0.717, 1.165) is 37.1 Å². The summed E-state index contributed by atoms with van der Waals surface area (Å²) in [6.07, 6.45) is 8.95. The van der Waals surface area contributed by atoms with Crippen LogP contribution in [0.25, 0.3) is 16.1 Å². The fourth-order valence-corrected chi connectivity index (χ4v) is 6.65. The minimum atomic E-state index is -0.505. The lowest BCUT2D eigenvalue weighted by Gasteiger charge is -2.14. The third-order valence-corrected chi connectivity index (χ3v) is 9.20. The first kappa shape index (κ1) is 30.5. The van der Waals surface area contributed by atoms with Gasteiger partial charge < -0.3 is 10.1 Å². The number of rotatable bonds is 7. The minimum absolute atomic E-state index is 0.0137. The first-order valence-electron chi connectivity index (χ1n) is 15.5. The van der Waals surface area contributed by atoms with Crippen LogP contribution in [0.3, 0.4) is 0 Å². The Hall–Kier alpha value is -5.17. The van der Waals surface area contributed by atoms with Gasteiger partial charge >= 0.3 is 12.0 Å². The Kier molecular flexibility index (Phi) is 7.92. The van der Waals surface area contributed by atoms with Crippen molar-refractivity contribution in [3.63, 3.8) is 0 Å². The largest absolute Gasteiger partial charge is 0.424 e. The fraction of sp³-hybridized carbons (Fsp3) is 0.294. The molecule has 1 saturated heterocycles. The molecule has 5 aromatic rings. The molecule has 2 N–H and O–H groups in total. The van der Waals surface area contributed by atoms with E-state index in [1.165, 1.54) is 40.9 Å². The van der Waals surface area contributed by atoms with Gasteiger partial charge in [-0.05, 0) is 61.1 Å². The highest BCUT2D eigenvalue weighted by Gasteiger charge is 2.25. The van der Waals surface area contributed by atoms with Gasteiger partial charge in [0, 0.05) is 42.3 Å². The molecule has 0 bridgehead atoms. The average Bonchev–Trinajstić information content (AvgIpc) is 3.84. The monoisotopic (exact) mass is 652 g/mol. The maximum atomic E-state index is 15.1. The van der Waals surface area contributed by atoms with Crippen LogP contribution in [0.5, 0.6) is 11.8 Å². The third kappa shape index (κ3) is 6.43. The Balaban J connectivity index is 1.01. The highest BCUT2D eigenvalue weighted by atomic mass is 32.1. The number of hydrogen-bond acceptors (Lipinski definition) is 8. The van der Waals surface area contributed by atoms with E-state index in [9.17, 15) is 9.59 Å². The number of urea groups is 1. The molecule has 13 heteroatoms. The molecule has 11 nitrogen and oxygen atoms in total. The van der Waals surface area contributed by atoms with Crippen LogP contribution in [-0.2, 0) is 23.1 Å². The van der Waals surface area contributed by atoms with E-state index in [-0.39, 0.29) is 23.1 Å². The Morgan fingerprint density at radius 2 is 1.74 bits per heavy atom. The molecule has 1 aliphatic heterocycles. The van der Waals surface area contributed by atoms with Gasteiger partial charge in [0.05, 0.1) is 34.3 Å². The zero-order chi connectivity index (χ0) is 32.7. The first-order valence-corrected chi connectivity index (χ1v) is 16.3. The van der Waals surface area contributed by atoms with Gasteiger partial charge in [-0.15, -0.1) is 0 Å². The van der Waals surface area contributed by atoms with Crippen LogP contribution in [0, 0.1) is 5.82 Å². The molecule has 1 aliphatic carbocycles. The van der Waals surface area contributed by atoms with Gasteiger partial charge in [-0.3, -0.25) is 15.0 Å². The topological polar surface area (TPSA) is 127 Å². The van der Waals surface area contributed by atoms with Gasteiger partial charge in [-0.25, -0.2) is 28.8 Å². The molecule has 3 amide bonds. The molecule has 240 valence electrons. The van der Waals surface area contributed by atoms with Gasteiger partial charge in [0.2, 0.25) is 5.91 Å². The lowest BCUT2D eigenvalue weighted by Crippen LogP contribution is -2.23. The fourth-order valence-electron chi connectivity index (χ4n) is 5.66. The zero-order valence-corrected chi connectivity index (χ0v) is 27.0. The number of anilines is 3. The molecule has 0 radical (unpaired) electrons. The smallest absolute Gasteiger partial charge is 0.324 e. The maximum Gasteiger partial charge on any atom is 0.324 e. The van der Waals surface area contributed by atoms with Crippen LogP contribution in [0.1, 0.15) is 56.9 Å². The molecule has 47 heavy (non-hydrogen) atoms. The molecule has 7 rings (SSSR count).